The number of amides is 2. The van der Waals surface area contributed by atoms with Gasteiger partial charge in [-0.1, -0.05) is 41.9 Å². The van der Waals surface area contributed by atoms with Gasteiger partial charge in [-0.15, -0.1) is 0 Å². The lowest BCUT2D eigenvalue weighted by Crippen LogP contribution is -2.30. The number of nitrogens with zero attached hydrogens (tertiary/aromatic N) is 2. The second kappa shape index (κ2) is 9.24. The second-order valence-electron chi connectivity index (χ2n) is 7.61. The number of aryl methyl sites for hydroxylation is 1. The lowest BCUT2D eigenvalue weighted by molar-refractivity contribution is -0.116. The summed E-state index contributed by atoms with van der Waals surface area (Å²) in [4.78, 5) is 30.3. The first-order valence-corrected chi connectivity index (χ1v) is 10.7. The van der Waals surface area contributed by atoms with Gasteiger partial charge in [0, 0.05) is 16.3 Å². The molecule has 2 amide bonds. The molecule has 0 aliphatic heterocycles. The van der Waals surface area contributed by atoms with E-state index < -0.39 is 6.04 Å². The standard InChI is InChI=1S/C25H23ClN4O2/c1-16-7-3-4-8-20(16)25(32)27-17(2)24-29-21-9-5-6-10-22(21)30(24)15-23(31)28-19-13-11-18(26)12-14-19/h3-14,17H,15H2,1-2H3,(H,27,32)(H,28,31). The number of aromatic nitrogens is 2. The third-order valence-corrected chi connectivity index (χ3v) is 5.49. The molecular weight excluding hydrogens is 424 g/mol. The van der Waals surface area contributed by atoms with Crippen LogP contribution in [0.3, 0.4) is 0 Å². The van der Waals surface area contributed by atoms with Crippen molar-refractivity contribution in [3.63, 3.8) is 0 Å². The average Bonchev–Trinajstić information content (AvgIpc) is 3.14. The third-order valence-electron chi connectivity index (χ3n) is 5.24. The summed E-state index contributed by atoms with van der Waals surface area (Å²) < 4.78 is 1.84. The van der Waals surface area contributed by atoms with Crippen LogP contribution >= 0.6 is 11.6 Å². The van der Waals surface area contributed by atoms with Gasteiger partial charge in [0.1, 0.15) is 12.4 Å². The molecule has 0 radical (unpaired) electrons. The van der Waals surface area contributed by atoms with Crippen LogP contribution in [-0.2, 0) is 11.3 Å². The number of hydrogen-bond acceptors (Lipinski definition) is 3. The number of hydrogen-bond donors (Lipinski definition) is 2. The number of imidazole rings is 1. The number of rotatable bonds is 6. The van der Waals surface area contributed by atoms with Crippen molar-refractivity contribution in [2.45, 2.75) is 26.4 Å². The number of halogens is 1. The summed E-state index contributed by atoms with van der Waals surface area (Å²) in [5.74, 6) is 0.230. The summed E-state index contributed by atoms with van der Waals surface area (Å²) in [5.41, 5.74) is 3.76. The zero-order chi connectivity index (χ0) is 22.7. The minimum absolute atomic E-state index is 0.0586. The second-order valence-corrected chi connectivity index (χ2v) is 8.05. The zero-order valence-corrected chi connectivity index (χ0v) is 18.6. The van der Waals surface area contributed by atoms with E-state index >= 15 is 0 Å². The van der Waals surface area contributed by atoms with Gasteiger partial charge < -0.3 is 15.2 Å². The lowest BCUT2D eigenvalue weighted by atomic mass is 10.1. The Morgan fingerprint density at radius 1 is 1.00 bits per heavy atom. The molecule has 32 heavy (non-hydrogen) atoms. The Morgan fingerprint density at radius 2 is 1.69 bits per heavy atom. The number of anilines is 1. The van der Waals surface area contributed by atoms with Crippen LogP contribution < -0.4 is 10.6 Å². The number of fused-ring (bicyclic) bond motifs is 1. The van der Waals surface area contributed by atoms with E-state index in [1.807, 2.05) is 60.9 Å². The van der Waals surface area contributed by atoms with Crippen LogP contribution in [0.4, 0.5) is 5.69 Å². The molecule has 1 atom stereocenters. The number of nitrogens with one attached hydrogen (secondary N) is 2. The molecule has 1 aromatic heterocycles. The van der Waals surface area contributed by atoms with E-state index in [1.165, 1.54) is 0 Å². The van der Waals surface area contributed by atoms with Crippen molar-refractivity contribution in [1.29, 1.82) is 0 Å². The predicted molar refractivity (Wildman–Crippen MR) is 127 cm³/mol. The van der Waals surface area contributed by atoms with Crippen LogP contribution in [0, 0.1) is 6.92 Å². The Bertz CT molecular complexity index is 1280. The molecule has 0 fully saturated rings. The van der Waals surface area contributed by atoms with Crippen LogP contribution in [-0.4, -0.2) is 21.4 Å². The fourth-order valence-corrected chi connectivity index (χ4v) is 3.76. The fraction of sp³-hybridized carbons (Fsp3) is 0.160. The molecule has 0 aliphatic carbocycles. The molecule has 4 rings (SSSR count). The SMILES string of the molecule is Cc1ccccc1C(=O)NC(C)c1nc2ccccc2n1CC(=O)Nc1ccc(Cl)cc1. The largest absolute Gasteiger partial charge is 0.342 e. The molecule has 7 heteroatoms. The first-order valence-electron chi connectivity index (χ1n) is 10.3. The Kier molecular flexibility index (Phi) is 6.23. The maximum absolute atomic E-state index is 12.8. The van der Waals surface area contributed by atoms with Crippen LogP contribution in [0.2, 0.25) is 5.02 Å². The highest BCUT2D eigenvalue weighted by Gasteiger charge is 2.21. The van der Waals surface area contributed by atoms with Gasteiger partial charge in [-0.2, -0.15) is 0 Å². The van der Waals surface area contributed by atoms with Crippen molar-refractivity contribution in [2.24, 2.45) is 0 Å². The van der Waals surface area contributed by atoms with Crippen LogP contribution in [0.1, 0.15) is 34.7 Å². The van der Waals surface area contributed by atoms with Crippen LogP contribution in [0.5, 0.6) is 0 Å². The summed E-state index contributed by atoms with van der Waals surface area (Å²) in [6.45, 7) is 3.82. The molecule has 3 aromatic carbocycles. The minimum Gasteiger partial charge on any atom is -0.342 e. The summed E-state index contributed by atoms with van der Waals surface area (Å²) in [5, 5.41) is 6.50. The van der Waals surface area contributed by atoms with Gasteiger partial charge in [0.25, 0.3) is 5.91 Å². The molecule has 0 saturated heterocycles. The van der Waals surface area contributed by atoms with Crippen molar-refractivity contribution in [3.8, 4) is 0 Å². The Labute approximate surface area is 191 Å². The molecule has 6 nitrogen and oxygen atoms in total. The molecule has 0 saturated carbocycles. The Hall–Kier alpha value is -3.64. The van der Waals surface area contributed by atoms with Gasteiger partial charge in [-0.25, -0.2) is 4.98 Å². The maximum Gasteiger partial charge on any atom is 0.252 e. The summed E-state index contributed by atoms with van der Waals surface area (Å²) in [6, 6.07) is 21.6. The molecule has 162 valence electrons. The summed E-state index contributed by atoms with van der Waals surface area (Å²) in [7, 11) is 0. The first-order chi connectivity index (χ1) is 15.4. The first kappa shape index (κ1) is 21.6. The van der Waals surface area contributed by atoms with Gasteiger partial charge in [-0.3, -0.25) is 9.59 Å². The van der Waals surface area contributed by atoms with Crippen LogP contribution in [0.25, 0.3) is 11.0 Å². The highest BCUT2D eigenvalue weighted by atomic mass is 35.5. The van der Waals surface area contributed by atoms with E-state index in [9.17, 15) is 9.59 Å². The number of para-hydroxylation sites is 2. The van der Waals surface area contributed by atoms with Crippen molar-refractivity contribution < 1.29 is 9.59 Å². The van der Waals surface area contributed by atoms with E-state index in [-0.39, 0.29) is 18.4 Å². The van der Waals surface area contributed by atoms with Gasteiger partial charge in [0.05, 0.1) is 17.1 Å². The van der Waals surface area contributed by atoms with Gasteiger partial charge >= 0.3 is 0 Å². The smallest absolute Gasteiger partial charge is 0.252 e. The highest BCUT2D eigenvalue weighted by Crippen LogP contribution is 2.22. The number of carbonyl (C=O) groups is 2. The topological polar surface area (TPSA) is 76.0 Å². The monoisotopic (exact) mass is 446 g/mol. The Balaban J connectivity index is 1.59. The Morgan fingerprint density at radius 3 is 2.44 bits per heavy atom. The summed E-state index contributed by atoms with van der Waals surface area (Å²) in [6.07, 6.45) is 0. The normalized spacial score (nSPS) is 11.8. The minimum atomic E-state index is -0.405. The average molecular weight is 447 g/mol. The molecule has 0 spiro atoms. The molecule has 1 unspecified atom stereocenters. The maximum atomic E-state index is 12.8. The van der Waals surface area contributed by atoms with Crippen molar-refractivity contribution in [3.05, 3.63) is 94.8 Å². The fourth-order valence-electron chi connectivity index (χ4n) is 3.63. The molecule has 0 bridgehead atoms. The quantitative estimate of drug-likeness (QED) is 0.431. The van der Waals surface area contributed by atoms with Crippen molar-refractivity contribution in [2.75, 3.05) is 5.32 Å². The van der Waals surface area contributed by atoms with E-state index in [0.717, 1.165) is 16.6 Å². The lowest BCUT2D eigenvalue weighted by Gasteiger charge is -2.17. The molecule has 4 aromatic rings. The van der Waals surface area contributed by atoms with Crippen LogP contribution in [0.15, 0.2) is 72.8 Å². The van der Waals surface area contributed by atoms with Crippen molar-refractivity contribution >= 4 is 40.1 Å². The molecule has 2 N–H and O–H groups in total. The number of benzene rings is 3. The van der Waals surface area contributed by atoms with Gasteiger partial charge in [-0.05, 0) is 61.9 Å². The van der Waals surface area contributed by atoms with E-state index in [4.69, 9.17) is 16.6 Å². The number of carbonyl (C=O) groups excluding carboxylic acids is 2. The highest BCUT2D eigenvalue weighted by molar-refractivity contribution is 6.30. The van der Waals surface area contributed by atoms with Crippen molar-refractivity contribution in [1.82, 2.24) is 14.9 Å². The van der Waals surface area contributed by atoms with Gasteiger partial charge in [0.15, 0.2) is 0 Å². The molecule has 0 aliphatic rings. The van der Waals surface area contributed by atoms with E-state index in [2.05, 4.69) is 10.6 Å². The zero-order valence-electron chi connectivity index (χ0n) is 17.8. The van der Waals surface area contributed by atoms with E-state index in [1.54, 1.807) is 30.3 Å². The van der Waals surface area contributed by atoms with Gasteiger partial charge in [0.2, 0.25) is 5.91 Å². The summed E-state index contributed by atoms with van der Waals surface area (Å²) >= 11 is 5.92. The third kappa shape index (κ3) is 4.65. The predicted octanol–water partition coefficient (Wildman–Crippen LogP) is 5.13. The molecule has 1 heterocycles. The molecular formula is C25H23ClN4O2. The van der Waals surface area contributed by atoms with E-state index in [0.29, 0.717) is 22.1 Å².